The highest BCUT2D eigenvalue weighted by Crippen LogP contribution is 2.35. The molecule has 2 atom stereocenters. The fraction of sp³-hybridized carbons (Fsp3) is 0.412. The summed E-state index contributed by atoms with van der Waals surface area (Å²) in [5, 5.41) is 3.45. The first kappa shape index (κ1) is 14.0. The van der Waals surface area contributed by atoms with Crippen molar-refractivity contribution in [1.29, 1.82) is 0 Å². The van der Waals surface area contributed by atoms with Crippen LogP contribution in [0, 0.1) is 0 Å². The number of furan rings is 1. The number of nitrogens with one attached hydrogen (secondary N) is 1. The van der Waals surface area contributed by atoms with Crippen LogP contribution in [0.3, 0.4) is 0 Å². The molecule has 1 aliphatic heterocycles. The number of hydrogen-bond acceptors (Lipinski definition) is 4. The van der Waals surface area contributed by atoms with Gasteiger partial charge >= 0.3 is 0 Å². The Labute approximate surface area is 125 Å². The minimum absolute atomic E-state index is 0.151. The molecule has 4 heteroatoms. The third-order valence-electron chi connectivity index (χ3n) is 3.87. The van der Waals surface area contributed by atoms with Gasteiger partial charge in [0.2, 0.25) is 0 Å². The van der Waals surface area contributed by atoms with Crippen molar-refractivity contribution < 1.29 is 13.9 Å². The van der Waals surface area contributed by atoms with Crippen LogP contribution in [0.4, 0.5) is 0 Å². The van der Waals surface area contributed by atoms with E-state index in [4.69, 9.17) is 13.9 Å². The van der Waals surface area contributed by atoms with Crippen LogP contribution < -0.4 is 14.8 Å². The van der Waals surface area contributed by atoms with Gasteiger partial charge in [-0.2, -0.15) is 0 Å². The van der Waals surface area contributed by atoms with E-state index in [2.05, 4.69) is 31.3 Å². The van der Waals surface area contributed by atoms with Crippen molar-refractivity contribution >= 4 is 0 Å². The second-order valence-electron chi connectivity index (χ2n) is 5.52. The third kappa shape index (κ3) is 2.90. The summed E-state index contributed by atoms with van der Waals surface area (Å²) in [7, 11) is 1.71. The Kier molecular flexibility index (Phi) is 3.88. The van der Waals surface area contributed by atoms with Crippen LogP contribution in [0.25, 0.3) is 0 Å². The lowest BCUT2D eigenvalue weighted by Crippen LogP contribution is -2.18. The lowest BCUT2D eigenvalue weighted by Gasteiger charge is -2.15. The van der Waals surface area contributed by atoms with Crippen molar-refractivity contribution in [2.45, 2.75) is 39.0 Å². The zero-order valence-electron chi connectivity index (χ0n) is 12.7. The first-order valence-electron chi connectivity index (χ1n) is 7.30. The van der Waals surface area contributed by atoms with Crippen LogP contribution in [-0.2, 0) is 13.0 Å². The third-order valence-corrected chi connectivity index (χ3v) is 3.87. The molecule has 1 unspecified atom stereocenters. The molecule has 0 amide bonds. The maximum absolute atomic E-state index is 5.82. The molecule has 0 aliphatic carbocycles. The molecule has 0 saturated carbocycles. The second kappa shape index (κ2) is 5.82. The topological polar surface area (TPSA) is 43.6 Å². The van der Waals surface area contributed by atoms with Gasteiger partial charge in [0.15, 0.2) is 0 Å². The van der Waals surface area contributed by atoms with Crippen LogP contribution in [-0.4, -0.2) is 13.2 Å². The smallest absolute Gasteiger partial charge is 0.123 e. The van der Waals surface area contributed by atoms with Gasteiger partial charge in [0.1, 0.15) is 23.4 Å². The average Bonchev–Trinajstić information content (AvgIpc) is 3.11. The molecule has 1 N–H and O–H groups in total. The summed E-state index contributed by atoms with van der Waals surface area (Å²) in [4.78, 5) is 0. The highest BCUT2D eigenvalue weighted by atomic mass is 16.5. The SMILES string of the molecule is COc1cc2c(cc1CN[C@H](C)c1ccco1)OC(C)C2. The molecule has 2 aromatic rings. The monoisotopic (exact) mass is 287 g/mol. The molecule has 0 fully saturated rings. The van der Waals surface area contributed by atoms with Crippen LogP contribution in [0.1, 0.15) is 36.8 Å². The van der Waals surface area contributed by atoms with Gasteiger partial charge in [-0.1, -0.05) is 0 Å². The highest BCUT2D eigenvalue weighted by Gasteiger charge is 2.21. The standard InChI is InChI=1S/C17H21NO3/c1-11-7-13-8-16(19-3)14(9-17(13)21-11)10-18-12(2)15-5-4-6-20-15/h4-6,8-9,11-12,18H,7,10H2,1-3H3/t11?,12-/m1/s1. The van der Waals surface area contributed by atoms with Gasteiger partial charge in [-0.15, -0.1) is 0 Å². The Balaban J connectivity index is 1.74. The largest absolute Gasteiger partial charge is 0.496 e. The van der Waals surface area contributed by atoms with Crippen LogP contribution in [0.15, 0.2) is 34.9 Å². The summed E-state index contributed by atoms with van der Waals surface area (Å²) in [6.07, 6.45) is 2.89. The normalized spacial score (nSPS) is 18.1. The zero-order chi connectivity index (χ0) is 14.8. The Morgan fingerprint density at radius 1 is 1.43 bits per heavy atom. The summed E-state index contributed by atoms with van der Waals surface area (Å²) in [5.74, 6) is 2.82. The number of ether oxygens (including phenoxy) is 2. The molecule has 3 rings (SSSR count). The van der Waals surface area contributed by atoms with E-state index in [1.54, 1.807) is 13.4 Å². The molecule has 1 aromatic carbocycles. The zero-order valence-corrected chi connectivity index (χ0v) is 12.7. The minimum atomic E-state index is 0.151. The Hall–Kier alpha value is -1.94. The van der Waals surface area contributed by atoms with Gasteiger partial charge in [0, 0.05) is 24.1 Å². The maximum atomic E-state index is 5.82. The van der Waals surface area contributed by atoms with E-state index in [-0.39, 0.29) is 12.1 Å². The number of hydrogen-bond donors (Lipinski definition) is 1. The first-order chi connectivity index (χ1) is 10.2. The number of benzene rings is 1. The van der Waals surface area contributed by atoms with E-state index < -0.39 is 0 Å². The molecule has 0 bridgehead atoms. The number of methoxy groups -OCH3 is 1. The maximum Gasteiger partial charge on any atom is 0.123 e. The van der Waals surface area contributed by atoms with Gasteiger partial charge in [-0.05, 0) is 38.1 Å². The van der Waals surface area contributed by atoms with Gasteiger partial charge in [-0.25, -0.2) is 0 Å². The lowest BCUT2D eigenvalue weighted by atomic mass is 10.1. The van der Waals surface area contributed by atoms with E-state index >= 15 is 0 Å². The Bertz CT molecular complexity index is 607. The second-order valence-corrected chi connectivity index (χ2v) is 5.52. The molecule has 0 saturated heterocycles. The van der Waals surface area contributed by atoms with E-state index in [0.717, 1.165) is 29.2 Å². The minimum Gasteiger partial charge on any atom is -0.496 e. The fourth-order valence-electron chi connectivity index (χ4n) is 2.71. The molecule has 112 valence electrons. The van der Waals surface area contributed by atoms with Gasteiger partial charge in [-0.3, -0.25) is 0 Å². The molecule has 0 spiro atoms. The fourth-order valence-corrected chi connectivity index (χ4v) is 2.71. The van der Waals surface area contributed by atoms with Crippen molar-refractivity contribution in [3.05, 3.63) is 47.4 Å². The van der Waals surface area contributed by atoms with Crippen molar-refractivity contribution in [3.8, 4) is 11.5 Å². The molecule has 1 aliphatic rings. The molecule has 0 radical (unpaired) electrons. The molecule has 4 nitrogen and oxygen atoms in total. The summed E-state index contributed by atoms with van der Waals surface area (Å²) < 4.78 is 16.7. The molecular formula is C17H21NO3. The molecule has 2 heterocycles. The van der Waals surface area contributed by atoms with Gasteiger partial charge in [0.05, 0.1) is 19.4 Å². The lowest BCUT2D eigenvalue weighted by molar-refractivity contribution is 0.254. The van der Waals surface area contributed by atoms with E-state index in [1.165, 1.54) is 5.56 Å². The van der Waals surface area contributed by atoms with Crippen molar-refractivity contribution in [2.75, 3.05) is 7.11 Å². The summed E-state index contributed by atoms with van der Waals surface area (Å²) >= 11 is 0. The van der Waals surface area contributed by atoms with Gasteiger partial charge in [0.25, 0.3) is 0 Å². The van der Waals surface area contributed by atoms with Crippen LogP contribution in [0.5, 0.6) is 11.5 Å². The summed E-state index contributed by atoms with van der Waals surface area (Å²) in [6, 6.07) is 8.20. The van der Waals surface area contributed by atoms with Crippen molar-refractivity contribution in [1.82, 2.24) is 5.32 Å². The van der Waals surface area contributed by atoms with Crippen LogP contribution >= 0.6 is 0 Å². The molecule has 21 heavy (non-hydrogen) atoms. The van der Waals surface area contributed by atoms with Crippen molar-refractivity contribution in [2.24, 2.45) is 0 Å². The first-order valence-corrected chi connectivity index (χ1v) is 7.30. The van der Waals surface area contributed by atoms with Crippen LogP contribution in [0.2, 0.25) is 0 Å². The Morgan fingerprint density at radius 2 is 2.29 bits per heavy atom. The quantitative estimate of drug-likeness (QED) is 0.914. The number of rotatable bonds is 5. The van der Waals surface area contributed by atoms with Crippen molar-refractivity contribution in [3.63, 3.8) is 0 Å². The summed E-state index contributed by atoms with van der Waals surface area (Å²) in [6.45, 7) is 4.87. The average molecular weight is 287 g/mol. The summed E-state index contributed by atoms with van der Waals surface area (Å²) in [5.41, 5.74) is 2.32. The van der Waals surface area contributed by atoms with Gasteiger partial charge < -0.3 is 19.2 Å². The number of fused-ring (bicyclic) bond motifs is 1. The predicted molar refractivity (Wildman–Crippen MR) is 80.8 cm³/mol. The van der Waals surface area contributed by atoms with E-state index in [9.17, 15) is 0 Å². The Morgan fingerprint density at radius 3 is 3.00 bits per heavy atom. The molecule has 1 aromatic heterocycles. The van der Waals surface area contributed by atoms with E-state index in [1.807, 2.05) is 12.1 Å². The highest BCUT2D eigenvalue weighted by molar-refractivity contribution is 5.48. The predicted octanol–water partition coefficient (Wildman–Crippen LogP) is 3.46. The van der Waals surface area contributed by atoms with E-state index in [0.29, 0.717) is 6.54 Å². The molecular weight excluding hydrogens is 266 g/mol.